The Balaban J connectivity index is 2.52. The summed E-state index contributed by atoms with van der Waals surface area (Å²) in [5.41, 5.74) is 1.84. The second-order valence-corrected chi connectivity index (χ2v) is 7.70. The molecule has 1 aromatic carbocycles. The van der Waals surface area contributed by atoms with Crippen LogP contribution in [0.1, 0.15) is 31.4 Å². The van der Waals surface area contributed by atoms with Gasteiger partial charge in [-0.25, -0.2) is 13.4 Å². The van der Waals surface area contributed by atoms with E-state index >= 15 is 0 Å². The number of nitrogens with zero attached hydrogens (tertiary/aromatic N) is 1. The highest BCUT2D eigenvalue weighted by Crippen LogP contribution is 2.08. The van der Waals surface area contributed by atoms with Gasteiger partial charge in [0.2, 0.25) is 0 Å². The van der Waals surface area contributed by atoms with Crippen molar-refractivity contribution >= 4 is 15.8 Å². The van der Waals surface area contributed by atoms with E-state index in [2.05, 4.69) is 15.6 Å². The lowest BCUT2D eigenvalue weighted by Crippen LogP contribution is -2.38. The highest BCUT2D eigenvalue weighted by molar-refractivity contribution is 7.89. The van der Waals surface area contributed by atoms with Crippen molar-refractivity contribution in [2.45, 2.75) is 32.6 Å². The number of sulfone groups is 1. The first-order chi connectivity index (χ1) is 11.4. The molecular formula is C17H29N3O3S. The van der Waals surface area contributed by atoms with Gasteiger partial charge >= 0.3 is 0 Å². The number of rotatable bonds is 10. The van der Waals surface area contributed by atoms with Crippen LogP contribution in [-0.4, -0.2) is 46.9 Å². The maximum atomic E-state index is 11.3. The van der Waals surface area contributed by atoms with Gasteiger partial charge < -0.3 is 15.4 Å². The Morgan fingerprint density at radius 1 is 1.12 bits per heavy atom. The number of ether oxygens (including phenoxy) is 1. The summed E-state index contributed by atoms with van der Waals surface area (Å²) in [5, 5.41) is 6.48. The Labute approximate surface area is 145 Å². The zero-order valence-electron chi connectivity index (χ0n) is 14.8. The molecule has 0 heterocycles. The minimum atomic E-state index is -3.00. The van der Waals surface area contributed by atoms with Crippen LogP contribution in [0.25, 0.3) is 0 Å². The third kappa shape index (κ3) is 9.52. The smallest absolute Gasteiger partial charge is 0.191 e. The van der Waals surface area contributed by atoms with Gasteiger partial charge in [0.25, 0.3) is 0 Å². The van der Waals surface area contributed by atoms with Gasteiger partial charge in [0.1, 0.15) is 0 Å². The third-order valence-corrected chi connectivity index (χ3v) is 4.04. The molecule has 1 rings (SSSR count). The van der Waals surface area contributed by atoms with E-state index in [9.17, 15) is 8.42 Å². The fraction of sp³-hybridized carbons (Fsp3) is 0.588. The molecule has 6 nitrogen and oxygen atoms in total. The van der Waals surface area contributed by atoms with Gasteiger partial charge in [-0.05, 0) is 31.4 Å². The van der Waals surface area contributed by atoms with Crippen LogP contribution < -0.4 is 10.6 Å². The van der Waals surface area contributed by atoms with Gasteiger partial charge in [0, 0.05) is 32.6 Å². The molecule has 24 heavy (non-hydrogen) atoms. The van der Waals surface area contributed by atoms with Crippen LogP contribution in [0.2, 0.25) is 0 Å². The second-order valence-electron chi connectivity index (χ2n) is 5.56. The van der Waals surface area contributed by atoms with Crippen LogP contribution in [0.15, 0.2) is 29.3 Å². The quantitative estimate of drug-likeness (QED) is 0.379. The molecule has 0 saturated carbocycles. The highest BCUT2D eigenvalue weighted by Gasteiger charge is 2.04. The molecule has 0 saturated heterocycles. The van der Waals surface area contributed by atoms with Gasteiger partial charge in [-0.15, -0.1) is 0 Å². The van der Waals surface area contributed by atoms with E-state index in [4.69, 9.17) is 4.74 Å². The molecular weight excluding hydrogens is 326 g/mol. The third-order valence-electron chi connectivity index (χ3n) is 3.18. The molecule has 0 atom stereocenters. The average Bonchev–Trinajstić information content (AvgIpc) is 2.52. The van der Waals surface area contributed by atoms with Crippen molar-refractivity contribution in [2.24, 2.45) is 4.99 Å². The number of hydrogen-bond acceptors (Lipinski definition) is 4. The van der Waals surface area contributed by atoms with E-state index in [1.54, 1.807) is 0 Å². The molecule has 2 N–H and O–H groups in total. The monoisotopic (exact) mass is 355 g/mol. The molecule has 1 aromatic rings. The maximum Gasteiger partial charge on any atom is 0.191 e. The van der Waals surface area contributed by atoms with Crippen molar-refractivity contribution in [2.75, 3.05) is 32.6 Å². The van der Waals surface area contributed by atoms with Crippen molar-refractivity contribution in [1.29, 1.82) is 0 Å². The van der Waals surface area contributed by atoms with Crippen LogP contribution in [0.3, 0.4) is 0 Å². The standard InChI is InChI=1S/C17H29N3O3S/c1-4-18-17(19-11-6-12-23-5-2)20-13-15-7-9-16(10-8-15)14-24(3,21)22/h7-10H,4-6,11-14H2,1-3H3,(H2,18,19,20). The Morgan fingerprint density at radius 2 is 1.79 bits per heavy atom. The Morgan fingerprint density at radius 3 is 2.38 bits per heavy atom. The molecule has 0 fully saturated rings. The van der Waals surface area contributed by atoms with E-state index in [1.165, 1.54) is 6.26 Å². The van der Waals surface area contributed by atoms with Gasteiger partial charge in [0.15, 0.2) is 15.8 Å². The number of guanidine groups is 1. The van der Waals surface area contributed by atoms with E-state index in [1.807, 2.05) is 38.1 Å². The Hall–Kier alpha value is -1.60. The number of aliphatic imine (C=N–C) groups is 1. The first-order valence-corrected chi connectivity index (χ1v) is 10.4. The molecule has 0 radical (unpaired) electrons. The molecule has 0 aliphatic carbocycles. The molecule has 7 heteroatoms. The highest BCUT2D eigenvalue weighted by atomic mass is 32.2. The normalized spacial score (nSPS) is 12.2. The fourth-order valence-electron chi connectivity index (χ4n) is 2.08. The summed E-state index contributed by atoms with van der Waals surface area (Å²) in [6, 6.07) is 7.52. The molecule has 0 bridgehead atoms. The lowest BCUT2D eigenvalue weighted by atomic mass is 10.1. The van der Waals surface area contributed by atoms with Crippen LogP contribution in [0.5, 0.6) is 0 Å². The molecule has 0 aliphatic rings. The van der Waals surface area contributed by atoms with Crippen molar-refractivity contribution in [3.8, 4) is 0 Å². The Bertz CT molecular complexity index is 598. The first-order valence-electron chi connectivity index (χ1n) is 8.30. The zero-order valence-corrected chi connectivity index (χ0v) is 15.7. The summed E-state index contributed by atoms with van der Waals surface area (Å²) >= 11 is 0. The van der Waals surface area contributed by atoms with Crippen molar-refractivity contribution in [1.82, 2.24) is 10.6 Å². The topological polar surface area (TPSA) is 79.8 Å². The summed E-state index contributed by atoms with van der Waals surface area (Å²) in [6.45, 7) is 7.63. The van der Waals surface area contributed by atoms with Gasteiger partial charge in [-0.1, -0.05) is 24.3 Å². The van der Waals surface area contributed by atoms with Gasteiger partial charge in [-0.3, -0.25) is 0 Å². The number of benzene rings is 1. The summed E-state index contributed by atoms with van der Waals surface area (Å²) in [7, 11) is -3.00. The number of hydrogen-bond donors (Lipinski definition) is 2. The zero-order chi connectivity index (χ0) is 17.8. The predicted octanol–water partition coefficient (Wildman–Crippen LogP) is 1.71. The van der Waals surface area contributed by atoms with Crippen LogP contribution >= 0.6 is 0 Å². The van der Waals surface area contributed by atoms with E-state index in [0.29, 0.717) is 6.54 Å². The fourth-order valence-corrected chi connectivity index (χ4v) is 2.88. The maximum absolute atomic E-state index is 11.3. The predicted molar refractivity (Wildman–Crippen MR) is 98.9 cm³/mol. The van der Waals surface area contributed by atoms with Crippen LogP contribution in [-0.2, 0) is 26.9 Å². The largest absolute Gasteiger partial charge is 0.382 e. The molecule has 0 amide bonds. The lowest BCUT2D eigenvalue weighted by molar-refractivity contribution is 0.145. The average molecular weight is 356 g/mol. The van der Waals surface area contributed by atoms with Crippen molar-refractivity contribution in [3.05, 3.63) is 35.4 Å². The molecule has 0 spiro atoms. The van der Waals surface area contributed by atoms with Gasteiger partial charge in [0.05, 0.1) is 12.3 Å². The minimum Gasteiger partial charge on any atom is -0.382 e. The lowest BCUT2D eigenvalue weighted by Gasteiger charge is -2.11. The van der Waals surface area contributed by atoms with E-state index in [0.717, 1.165) is 49.8 Å². The summed E-state index contributed by atoms with van der Waals surface area (Å²) in [4.78, 5) is 4.54. The SMILES string of the molecule is CCNC(=NCc1ccc(CS(C)(=O)=O)cc1)NCCCOCC. The molecule has 0 aromatic heterocycles. The van der Waals surface area contributed by atoms with Crippen molar-refractivity contribution in [3.63, 3.8) is 0 Å². The van der Waals surface area contributed by atoms with Crippen LogP contribution in [0, 0.1) is 0 Å². The van der Waals surface area contributed by atoms with Crippen LogP contribution in [0.4, 0.5) is 0 Å². The summed E-state index contributed by atoms with van der Waals surface area (Å²) < 4.78 is 27.9. The Kier molecular flexibility index (Phi) is 9.41. The minimum absolute atomic E-state index is 0.0700. The molecule has 136 valence electrons. The van der Waals surface area contributed by atoms with E-state index < -0.39 is 9.84 Å². The summed E-state index contributed by atoms with van der Waals surface area (Å²) in [6.07, 6.45) is 2.17. The van der Waals surface area contributed by atoms with E-state index in [-0.39, 0.29) is 5.75 Å². The molecule has 0 aliphatic heterocycles. The first kappa shape index (κ1) is 20.4. The van der Waals surface area contributed by atoms with Crippen molar-refractivity contribution < 1.29 is 13.2 Å². The van der Waals surface area contributed by atoms with Gasteiger partial charge in [-0.2, -0.15) is 0 Å². The number of nitrogens with one attached hydrogen (secondary N) is 2. The molecule has 0 unspecified atom stereocenters. The second kappa shape index (κ2) is 11.0. The summed E-state index contributed by atoms with van der Waals surface area (Å²) in [5.74, 6) is 0.842.